The summed E-state index contributed by atoms with van der Waals surface area (Å²) in [6.45, 7) is 0.724. The quantitative estimate of drug-likeness (QED) is 0.844. The number of ether oxygens (including phenoxy) is 1. The minimum atomic E-state index is 0.0534. The molecule has 0 bridgehead atoms. The third-order valence-electron chi connectivity index (χ3n) is 5.33. The van der Waals surface area contributed by atoms with Crippen molar-refractivity contribution < 1.29 is 14.3 Å². The Morgan fingerprint density at radius 1 is 1.24 bits per heavy atom. The zero-order valence-electron chi connectivity index (χ0n) is 15.1. The average molecular weight is 344 g/mol. The van der Waals surface area contributed by atoms with Crippen LogP contribution in [0.5, 0.6) is 5.75 Å². The van der Waals surface area contributed by atoms with E-state index in [1.54, 1.807) is 18.1 Å². The number of nitrogens with zero attached hydrogens (tertiary/aromatic N) is 1. The van der Waals surface area contributed by atoms with E-state index in [1.807, 2.05) is 12.1 Å². The molecule has 1 aromatic rings. The lowest BCUT2D eigenvalue weighted by Gasteiger charge is -2.21. The Labute approximate surface area is 149 Å². The molecule has 1 saturated carbocycles. The summed E-state index contributed by atoms with van der Waals surface area (Å²) in [6.07, 6.45) is 9.49. The van der Waals surface area contributed by atoms with Crippen LogP contribution >= 0.6 is 0 Å². The maximum absolute atomic E-state index is 12.2. The lowest BCUT2D eigenvalue weighted by atomic mass is 9.86. The fraction of sp³-hybridized carbons (Fsp3) is 0.600. The Balaban J connectivity index is 1.58. The highest BCUT2D eigenvalue weighted by molar-refractivity contribution is 5.97. The molecule has 1 heterocycles. The summed E-state index contributed by atoms with van der Waals surface area (Å²) >= 11 is 0. The number of carbonyl (C=O) groups is 2. The van der Waals surface area contributed by atoms with Gasteiger partial charge in [0.05, 0.1) is 12.8 Å². The van der Waals surface area contributed by atoms with Gasteiger partial charge in [-0.15, -0.1) is 0 Å². The fourth-order valence-electron chi connectivity index (χ4n) is 3.92. The number of rotatable bonds is 6. The Hall–Kier alpha value is -2.04. The van der Waals surface area contributed by atoms with Gasteiger partial charge in [-0.2, -0.15) is 0 Å². The van der Waals surface area contributed by atoms with Gasteiger partial charge in [-0.1, -0.05) is 32.1 Å². The predicted molar refractivity (Wildman–Crippen MR) is 99.0 cm³/mol. The van der Waals surface area contributed by atoms with E-state index >= 15 is 0 Å². The van der Waals surface area contributed by atoms with Crippen LogP contribution in [0.4, 0.5) is 11.4 Å². The molecule has 136 valence electrons. The molecule has 0 atom stereocenters. The van der Waals surface area contributed by atoms with Crippen LogP contribution in [0.1, 0.15) is 57.8 Å². The number of nitrogens with one attached hydrogen (secondary N) is 1. The molecule has 3 rings (SSSR count). The molecule has 1 aliphatic heterocycles. The van der Waals surface area contributed by atoms with Crippen LogP contribution in [0.25, 0.3) is 0 Å². The van der Waals surface area contributed by atoms with E-state index < -0.39 is 0 Å². The molecule has 25 heavy (non-hydrogen) atoms. The molecule has 0 aromatic heterocycles. The molecule has 1 aromatic carbocycles. The maximum atomic E-state index is 12.2. The third-order valence-corrected chi connectivity index (χ3v) is 5.33. The van der Waals surface area contributed by atoms with Crippen molar-refractivity contribution in [2.24, 2.45) is 5.92 Å². The second-order valence-corrected chi connectivity index (χ2v) is 7.13. The van der Waals surface area contributed by atoms with Crippen LogP contribution in [-0.2, 0) is 9.59 Å². The van der Waals surface area contributed by atoms with Gasteiger partial charge in [0.2, 0.25) is 11.8 Å². The highest BCUT2D eigenvalue weighted by Crippen LogP contribution is 2.34. The van der Waals surface area contributed by atoms with Gasteiger partial charge >= 0.3 is 0 Å². The number of hydrogen-bond acceptors (Lipinski definition) is 3. The largest absolute Gasteiger partial charge is 0.494 e. The molecular formula is C20H28N2O3. The lowest BCUT2D eigenvalue weighted by molar-refractivity contribution is -0.117. The van der Waals surface area contributed by atoms with Crippen LogP contribution in [-0.4, -0.2) is 25.5 Å². The molecule has 5 heteroatoms. The van der Waals surface area contributed by atoms with Gasteiger partial charge in [0, 0.05) is 31.1 Å². The van der Waals surface area contributed by atoms with Crippen LogP contribution in [0, 0.1) is 5.92 Å². The summed E-state index contributed by atoms with van der Waals surface area (Å²) in [5, 5.41) is 2.96. The molecule has 2 fully saturated rings. The third kappa shape index (κ3) is 4.53. The Bertz CT molecular complexity index is 623. The minimum Gasteiger partial charge on any atom is -0.494 e. The number of methoxy groups -OCH3 is 1. The van der Waals surface area contributed by atoms with Gasteiger partial charge in [-0.05, 0) is 30.9 Å². The number of benzene rings is 1. The summed E-state index contributed by atoms with van der Waals surface area (Å²) in [7, 11) is 1.59. The zero-order chi connectivity index (χ0) is 17.6. The van der Waals surface area contributed by atoms with Crippen molar-refractivity contribution in [1.82, 2.24) is 0 Å². The van der Waals surface area contributed by atoms with E-state index in [2.05, 4.69) is 5.32 Å². The highest BCUT2D eigenvalue weighted by atomic mass is 16.5. The van der Waals surface area contributed by atoms with Crippen LogP contribution < -0.4 is 15.0 Å². The van der Waals surface area contributed by atoms with Crippen molar-refractivity contribution in [1.29, 1.82) is 0 Å². The van der Waals surface area contributed by atoms with Crippen molar-refractivity contribution in [3.63, 3.8) is 0 Å². The predicted octanol–water partition coefficient (Wildman–Crippen LogP) is 4.12. The fourth-order valence-corrected chi connectivity index (χ4v) is 3.92. The Morgan fingerprint density at radius 2 is 2.04 bits per heavy atom. The van der Waals surface area contributed by atoms with Crippen molar-refractivity contribution in [2.75, 3.05) is 23.9 Å². The second kappa shape index (κ2) is 8.37. The molecule has 2 aliphatic rings. The molecule has 5 nitrogen and oxygen atoms in total. The first-order valence-corrected chi connectivity index (χ1v) is 9.45. The monoisotopic (exact) mass is 344 g/mol. The van der Waals surface area contributed by atoms with E-state index in [0.29, 0.717) is 24.5 Å². The first-order valence-electron chi connectivity index (χ1n) is 9.45. The summed E-state index contributed by atoms with van der Waals surface area (Å²) in [4.78, 5) is 25.9. The first kappa shape index (κ1) is 17.8. The first-order chi connectivity index (χ1) is 12.2. The maximum Gasteiger partial charge on any atom is 0.227 e. The van der Waals surface area contributed by atoms with Gasteiger partial charge in [-0.25, -0.2) is 0 Å². The summed E-state index contributed by atoms with van der Waals surface area (Å²) in [5.74, 6) is 1.51. The molecular weight excluding hydrogens is 316 g/mol. The minimum absolute atomic E-state index is 0.0534. The lowest BCUT2D eigenvalue weighted by Crippen LogP contribution is -2.24. The van der Waals surface area contributed by atoms with Gasteiger partial charge in [0.15, 0.2) is 0 Å². The summed E-state index contributed by atoms with van der Waals surface area (Å²) in [6, 6.07) is 5.51. The normalized spacial score (nSPS) is 18.4. The standard InChI is InChI=1S/C20H28N2O3/c1-25-18-14-16(10-11-17(18)22-13-5-8-20(22)24)21-19(23)12-9-15-6-3-2-4-7-15/h10-11,14-15H,2-9,12-13H2,1H3,(H,21,23). The van der Waals surface area contributed by atoms with Crippen molar-refractivity contribution in [2.45, 2.75) is 57.8 Å². The van der Waals surface area contributed by atoms with Gasteiger partial charge in [0.25, 0.3) is 0 Å². The van der Waals surface area contributed by atoms with Gasteiger partial charge < -0.3 is 15.0 Å². The molecule has 0 spiro atoms. The van der Waals surface area contributed by atoms with Crippen molar-refractivity contribution in [3.05, 3.63) is 18.2 Å². The number of carbonyl (C=O) groups excluding carboxylic acids is 2. The topological polar surface area (TPSA) is 58.6 Å². The molecule has 2 amide bonds. The van der Waals surface area contributed by atoms with Crippen LogP contribution in [0.15, 0.2) is 18.2 Å². The summed E-state index contributed by atoms with van der Waals surface area (Å²) < 4.78 is 5.44. The average Bonchev–Trinajstić information content (AvgIpc) is 3.06. The number of amides is 2. The molecule has 0 radical (unpaired) electrons. The molecule has 1 N–H and O–H groups in total. The van der Waals surface area contributed by atoms with Gasteiger partial charge in [-0.3, -0.25) is 9.59 Å². The number of hydrogen-bond donors (Lipinski definition) is 1. The molecule has 0 unspecified atom stereocenters. The van der Waals surface area contributed by atoms with E-state index in [0.717, 1.165) is 30.8 Å². The Morgan fingerprint density at radius 3 is 2.72 bits per heavy atom. The van der Waals surface area contributed by atoms with Gasteiger partial charge in [0.1, 0.15) is 5.75 Å². The SMILES string of the molecule is COc1cc(NC(=O)CCC2CCCCC2)ccc1N1CCCC1=O. The smallest absolute Gasteiger partial charge is 0.227 e. The number of anilines is 2. The van der Waals surface area contributed by atoms with E-state index in [1.165, 1.54) is 32.1 Å². The van der Waals surface area contributed by atoms with Crippen LogP contribution in [0.2, 0.25) is 0 Å². The highest BCUT2D eigenvalue weighted by Gasteiger charge is 2.24. The van der Waals surface area contributed by atoms with Crippen LogP contribution in [0.3, 0.4) is 0 Å². The van der Waals surface area contributed by atoms with E-state index in [4.69, 9.17) is 4.74 Å². The summed E-state index contributed by atoms with van der Waals surface area (Å²) in [5.41, 5.74) is 1.51. The van der Waals surface area contributed by atoms with E-state index in [9.17, 15) is 9.59 Å². The second-order valence-electron chi connectivity index (χ2n) is 7.13. The van der Waals surface area contributed by atoms with E-state index in [-0.39, 0.29) is 11.8 Å². The molecule has 1 aliphatic carbocycles. The zero-order valence-corrected chi connectivity index (χ0v) is 15.1. The molecule has 1 saturated heterocycles. The van der Waals surface area contributed by atoms with Crippen molar-refractivity contribution >= 4 is 23.2 Å². The van der Waals surface area contributed by atoms with Crippen molar-refractivity contribution in [3.8, 4) is 5.75 Å². The Kier molecular flexibility index (Phi) is 5.95.